The average molecular weight is 544 g/mol. The minimum absolute atomic E-state index is 0.0815. The Hall–Kier alpha value is -4.24. The van der Waals surface area contributed by atoms with Crippen molar-refractivity contribution >= 4 is 29.1 Å². The molecule has 3 amide bonds. The van der Waals surface area contributed by atoms with E-state index in [-0.39, 0.29) is 29.8 Å². The first-order chi connectivity index (χ1) is 19.4. The van der Waals surface area contributed by atoms with E-state index < -0.39 is 5.82 Å². The fourth-order valence-electron chi connectivity index (χ4n) is 5.32. The van der Waals surface area contributed by atoms with Gasteiger partial charge in [-0.05, 0) is 74.2 Å². The predicted octanol–water partition coefficient (Wildman–Crippen LogP) is 4.04. The zero-order valence-electron chi connectivity index (χ0n) is 22.3. The number of halogens is 1. The molecule has 2 aliphatic rings. The summed E-state index contributed by atoms with van der Waals surface area (Å²) in [5.74, 6) is -1.12. The van der Waals surface area contributed by atoms with E-state index in [0.717, 1.165) is 31.4 Å². The molecule has 3 aromatic rings. The molecule has 5 rings (SSSR count). The van der Waals surface area contributed by atoms with E-state index in [1.54, 1.807) is 47.4 Å². The Balaban J connectivity index is 1.33. The number of amides is 3. The standard InChI is InChI=1S/C31H34FN5O3/c32-24-8-4-7-23(19-24)31(40)37-17-15-36(16-18-37)28-14-9-22(30(39)34-26-12-10-25(33)11-13-26)20-27(28)35-29(38)21-5-2-1-3-6-21/h1-9,14,19-20,25-26H,10-13,15-18,33H2,(H,34,39)(H,35,38). The highest BCUT2D eigenvalue weighted by atomic mass is 19.1. The molecule has 0 unspecified atom stereocenters. The highest BCUT2D eigenvalue weighted by Gasteiger charge is 2.26. The van der Waals surface area contributed by atoms with Gasteiger partial charge >= 0.3 is 0 Å². The van der Waals surface area contributed by atoms with E-state index in [9.17, 15) is 18.8 Å². The molecule has 3 aromatic carbocycles. The lowest BCUT2D eigenvalue weighted by Gasteiger charge is -2.37. The van der Waals surface area contributed by atoms with E-state index in [0.29, 0.717) is 48.6 Å². The van der Waals surface area contributed by atoms with Crippen LogP contribution < -0.4 is 21.3 Å². The molecule has 0 bridgehead atoms. The van der Waals surface area contributed by atoms with Crippen LogP contribution in [0.2, 0.25) is 0 Å². The molecule has 0 atom stereocenters. The first-order valence-electron chi connectivity index (χ1n) is 13.7. The van der Waals surface area contributed by atoms with E-state index in [2.05, 4.69) is 15.5 Å². The number of rotatable bonds is 6. The molecule has 1 heterocycles. The van der Waals surface area contributed by atoms with Crippen LogP contribution in [0.15, 0.2) is 72.8 Å². The van der Waals surface area contributed by atoms with Crippen molar-refractivity contribution in [2.75, 3.05) is 36.4 Å². The molecule has 1 saturated carbocycles. The van der Waals surface area contributed by atoms with Crippen molar-refractivity contribution in [3.63, 3.8) is 0 Å². The van der Waals surface area contributed by atoms with Gasteiger partial charge in [0.05, 0.1) is 11.4 Å². The second-order valence-corrected chi connectivity index (χ2v) is 10.4. The Morgan fingerprint density at radius 1 is 0.750 bits per heavy atom. The number of piperazine rings is 1. The number of benzene rings is 3. The van der Waals surface area contributed by atoms with Gasteiger partial charge in [-0.15, -0.1) is 0 Å². The van der Waals surface area contributed by atoms with Gasteiger partial charge in [-0.25, -0.2) is 4.39 Å². The van der Waals surface area contributed by atoms with Gasteiger partial charge in [0.25, 0.3) is 17.7 Å². The predicted molar refractivity (Wildman–Crippen MR) is 153 cm³/mol. The lowest BCUT2D eigenvalue weighted by molar-refractivity contribution is 0.0746. The van der Waals surface area contributed by atoms with Crippen molar-refractivity contribution in [2.45, 2.75) is 37.8 Å². The Morgan fingerprint density at radius 2 is 1.45 bits per heavy atom. The zero-order chi connectivity index (χ0) is 28.1. The zero-order valence-corrected chi connectivity index (χ0v) is 22.3. The number of nitrogens with one attached hydrogen (secondary N) is 2. The molecule has 4 N–H and O–H groups in total. The Kier molecular flexibility index (Phi) is 8.40. The number of hydrogen-bond donors (Lipinski definition) is 3. The Morgan fingerprint density at radius 3 is 2.15 bits per heavy atom. The molecule has 0 spiro atoms. The summed E-state index contributed by atoms with van der Waals surface area (Å²) >= 11 is 0. The van der Waals surface area contributed by atoms with Gasteiger partial charge in [0, 0.05) is 55.0 Å². The summed E-state index contributed by atoms with van der Waals surface area (Å²) in [4.78, 5) is 42.9. The fraction of sp³-hybridized carbons (Fsp3) is 0.323. The fourth-order valence-corrected chi connectivity index (χ4v) is 5.32. The van der Waals surface area contributed by atoms with E-state index in [4.69, 9.17) is 5.73 Å². The third kappa shape index (κ3) is 6.48. The average Bonchev–Trinajstić information content (AvgIpc) is 2.98. The normalized spacial score (nSPS) is 19.1. The second kappa shape index (κ2) is 12.3. The van der Waals surface area contributed by atoms with E-state index in [1.165, 1.54) is 18.2 Å². The minimum Gasteiger partial charge on any atom is -0.366 e. The van der Waals surface area contributed by atoms with Crippen LogP contribution in [0.4, 0.5) is 15.8 Å². The van der Waals surface area contributed by atoms with Crippen LogP contribution in [-0.4, -0.2) is 60.9 Å². The second-order valence-electron chi connectivity index (χ2n) is 10.4. The summed E-state index contributed by atoms with van der Waals surface area (Å²) in [6.45, 7) is 1.91. The van der Waals surface area contributed by atoms with E-state index >= 15 is 0 Å². The van der Waals surface area contributed by atoms with Crippen molar-refractivity contribution in [3.05, 3.63) is 95.3 Å². The molecular weight excluding hydrogens is 509 g/mol. The number of anilines is 2. The van der Waals surface area contributed by atoms with Gasteiger partial charge in [-0.3, -0.25) is 14.4 Å². The molecule has 9 heteroatoms. The molecule has 208 valence electrons. The van der Waals surface area contributed by atoms with E-state index in [1.807, 2.05) is 12.1 Å². The third-order valence-electron chi connectivity index (χ3n) is 7.63. The molecule has 1 aliphatic heterocycles. The quantitative estimate of drug-likeness (QED) is 0.435. The van der Waals surface area contributed by atoms with Crippen molar-refractivity contribution in [3.8, 4) is 0 Å². The largest absolute Gasteiger partial charge is 0.366 e. The van der Waals surface area contributed by atoms with Gasteiger partial charge in [0.1, 0.15) is 5.82 Å². The lowest BCUT2D eigenvalue weighted by atomic mass is 9.91. The minimum atomic E-state index is -0.445. The maximum atomic E-state index is 13.6. The Bertz CT molecular complexity index is 1370. The summed E-state index contributed by atoms with van der Waals surface area (Å²) in [5.41, 5.74) is 8.58. The van der Waals surface area contributed by atoms with Gasteiger partial charge in [-0.1, -0.05) is 24.3 Å². The highest BCUT2D eigenvalue weighted by molar-refractivity contribution is 6.07. The highest BCUT2D eigenvalue weighted by Crippen LogP contribution is 2.30. The molecule has 8 nitrogen and oxygen atoms in total. The Labute approximate surface area is 233 Å². The molecular formula is C31H34FN5O3. The number of carbonyl (C=O) groups is 3. The lowest BCUT2D eigenvalue weighted by Crippen LogP contribution is -2.49. The maximum Gasteiger partial charge on any atom is 0.255 e. The summed E-state index contributed by atoms with van der Waals surface area (Å²) < 4.78 is 13.6. The number of hydrogen-bond acceptors (Lipinski definition) is 5. The van der Waals surface area contributed by atoms with Gasteiger partial charge in [0.15, 0.2) is 0 Å². The molecule has 0 radical (unpaired) electrons. The van der Waals surface area contributed by atoms with Gasteiger partial charge < -0.3 is 26.2 Å². The first-order valence-corrected chi connectivity index (χ1v) is 13.7. The monoisotopic (exact) mass is 543 g/mol. The van der Waals surface area contributed by atoms with Crippen LogP contribution in [0.25, 0.3) is 0 Å². The third-order valence-corrected chi connectivity index (χ3v) is 7.63. The molecule has 2 fully saturated rings. The molecule has 1 aliphatic carbocycles. The number of nitrogens with two attached hydrogens (primary N) is 1. The van der Waals surface area contributed by atoms with Crippen molar-refractivity contribution in [1.82, 2.24) is 10.2 Å². The van der Waals surface area contributed by atoms with Crippen molar-refractivity contribution in [2.24, 2.45) is 5.73 Å². The molecule has 0 aromatic heterocycles. The van der Waals surface area contributed by atoms with Crippen LogP contribution in [0, 0.1) is 5.82 Å². The SMILES string of the molecule is NC1CCC(NC(=O)c2ccc(N3CCN(C(=O)c4cccc(F)c4)CC3)c(NC(=O)c3ccccc3)c2)CC1. The summed E-state index contributed by atoms with van der Waals surface area (Å²) in [7, 11) is 0. The van der Waals surface area contributed by atoms with Crippen LogP contribution >= 0.6 is 0 Å². The topological polar surface area (TPSA) is 108 Å². The molecule has 1 saturated heterocycles. The van der Waals surface area contributed by atoms with Crippen LogP contribution in [-0.2, 0) is 0 Å². The van der Waals surface area contributed by atoms with Crippen LogP contribution in [0.1, 0.15) is 56.8 Å². The van der Waals surface area contributed by atoms with Crippen molar-refractivity contribution < 1.29 is 18.8 Å². The maximum absolute atomic E-state index is 13.6. The number of carbonyl (C=O) groups excluding carboxylic acids is 3. The summed E-state index contributed by atoms with van der Waals surface area (Å²) in [5, 5.41) is 6.11. The number of nitrogens with zero attached hydrogens (tertiary/aromatic N) is 2. The van der Waals surface area contributed by atoms with Gasteiger partial charge in [0.2, 0.25) is 0 Å². The first kappa shape index (κ1) is 27.3. The molecule has 40 heavy (non-hydrogen) atoms. The van der Waals surface area contributed by atoms with Crippen LogP contribution in [0.5, 0.6) is 0 Å². The van der Waals surface area contributed by atoms with Crippen LogP contribution in [0.3, 0.4) is 0 Å². The summed E-state index contributed by atoms with van der Waals surface area (Å²) in [6, 6.07) is 20.2. The summed E-state index contributed by atoms with van der Waals surface area (Å²) in [6.07, 6.45) is 3.47. The van der Waals surface area contributed by atoms with Crippen molar-refractivity contribution in [1.29, 1.82) is 0 Å². The van der Waals surface area contributed by atoms with Gasteiger partial charge in [-0.2, -0.15) is 0 Å². The smallest absolute Gasteiger partial charge is 0.255 e.